The first kappa shape index (κ1) is 12.9. The second-order valence-electron chi connectivity index (χ2n) is 3.17. The molecule has 0 saturated carbocycles. The van der Waals surface area contributed by atoms with E-state index in [4.69, 9.17) is 4.74 Å². The van der Waals surface area contributed by atoms with E-state index >= 15 is 0 Å². The highest BCUT2D eigenvalue weighted by molar-refractivity contribution is 7.89. The molecule has 0 bridgehead atoms. The molecule has 6 heteroatoms. The molecule has 1 rings (SSSR count). The molecular weight excluding hydrogens is 233 g/mol. The van der Waals surface area contributed by atoms with Crippen LogP contribution >= 0.6 is 0 Å². The van der Waals surface area contributed by atoms with Gasteiger partial charge in [-0.3, -0.25) is 0 Å². The summed E-state index contributed by atoms with van der Waals surface area (Å²) in [6.07, 6.45) is 0.644. The second kappa shape index (κ2) is 5.27. The molecule has 90 valence electrons. The Morgan fingerprint density at radius 2 is 2.12 bits per heavy atom. The van der Waals surface area contributed by atoms with Crippen molar-refractivity contribution >= 4 is 10.0 Å². The molecule has 0 aromatic heterocycles. The monoisotopic (exact) mass is 247 g/mol. The minimum Gasteiger partial charge on any atom is -0.494 e. The van der Waals surface area contributed by atoms with E-state index in [0.717, 1.165) is 0 Å². The van der Waals surface area contributed by atoms with Crippen LogP contribution in [0.1, 0.15) is 13.3 Å². The van der Waals surface area contributed by atoms with E-state index in [1.807, 2.05) is 6.92 Å². The molecule has 16 heavy (non-hydrogen) atoms. The van der Waals surface area contributed by atoms with E-state index in [1.165, 1.54) is 25.3 Å². The molecule has 0 radical (unpaired) electrons. The summed E-state index contributed by atoms with van der Waals surface area (Å²) in [5, 5.41) is 0. The van der Waals surface area contributed by atoms with Crippen LogP contribution in [0.15, 0.2) is 23.1 Å². The summed E-state index contributed by atoms with van der Waals surface area (Å²) in [5.74, 6) is -0.951. The molecule has 1 aromatic carbocycles. The Kier molecular flexibility index (Phi) is 4.26. The zero-order chi connectivity index (χ0) is 12.2. The third-order valence-corrected chi connectivity index (χ3v) is 3.46. The summed E-state index contributed by atoms with van der Waals surface area (Å²) in [4.78, 5) is -0.389. The SMILES string of the molecule is CCCNS(=O)(=O)c1cccc(OC)c1F. The fraction of sp³-hybridized carbons (Fsp3) is 0.400. The van der Waals surface area contributed by atoms with Gasteiger partial charge in [-0.1, -0.05) is 13.0 Å². The van der Waals surface area contributed by atoms with Crippen molar-refractivity contribution in [3.63, 3.8) is 0 Å². The number of hydrogen-bond acceptors (Lipinski definition) is 3. The number of ether oxygens (including phenoxy) is 1. The summed E-state index contributed by atoms with van der Waals surface area (Å²) in [7, 11) is -2.50. The van der Waals surface area contributed by atoms with Crippen LogP contribution in [0.25, 0.3) is 0 Å². The number of nitrogens with one attached hydrogen (secondary N) is 1. The normalized spacial score (nSPS) is 11.4. The van der Waals surface area contributed by atoms with Crippen LogP contribution in [-0.4, -0.2) is 22.1 Å². The number of hydrogen-bond donors (Lipinski definition) is 1. The average Bonchev–Trinajstić information content (AvgIpc) is 2.26. The molecule has 0 unspecified atom stereocenters. The lowest BCUT2D eigenvalue weighted by Gasteiger charge is -2.08. The van der Waals surface area contributed by atoms with Crippen molar-refractivity contribution in [2.45, 2.75) is 18.2 Å². The summed E-state index contributed by atoms with van der Waals surface area (Å²) >= 11 is 0. The van der Waals surface area contributed by atoms with Gasteiger partial charge in [0.25, 0.3) is 0 Å². The number of sulfonamides is 1. The van der Waals surface area contributed by atoms with Crippen LogP contribution in [-0.2, 0) is 10.0 Å². The minimum absolute atomic E-state index is 0.0839. The lowest BCUT2D eigenvalue weighted by atomic mass is 10.3. The molecule has 1 N–H and O–H groups in total. The molecule has 0 heterocycles. The quantitative estimate of drug-likeness (QED) is 0.858. The molecule has 0 aliphatic rings. The fourth-order valence-corrected chi connectivity index (χ4v) is 2.39. The maximum atomic E-state index is 13.7. The Labute approximate surface area is 94.5 Å². The lowest BCUT2D eigenvalue weighted by Crippen LogP contribution is -2.25. The second-order valence-corrected chi connectivity index (χ2v) is 4.91. The van der Waals surface area contributed by atoms with Crippen molar-refractivity contribution in [3.05, 3.63) is 24.0 Å². The van der Waals surface area contributed by atoms with Crippen LogP contribution in [0.3, 0.4) is 0 Å². The number of methoxy groups -OCH3 is 1. The van der Waals surface area contributed by atoms with Crippen molar-refractivity contribution in [1.82, 2.24) is 4.72 Å². The Morgan fingerprint density at radius 1 is 1.44 bits per heavy atom. The van der Waals surface area contributed by atoms with Crippen LogP contribution in [0.4, 0.5) is 4.39 Å². The summed E-state index contributed by atoms with van der Waals surface area (Å²) in [6.45, 7) is 2.10. The van der Waals surface area contributed by atoms with Crippen LogP contribution in [0.5, 0.6) is 5.75 Å². The van der Waals surface area contributed by atoms with Gasteiger partial charge in [-0.05, 0) is 18.6 Å². The first-order chi connectivity index (χ1) is 7.53. The Bertz CT molecular complexity index is 459. The highest BCUT2D eigenvalue weighted by Gasteiger charge is 2.20. The van der Waals surface area contributed by atoms with Gasteiger partial charge in [-0.25, -0.2) is 17.5 Å². The van der Waals surface area contributed by atoms with Crippen molar-refractivity contribution in [1.29, 1.82) is 0 Å². The van der Waals surface area contributed by atoms with E-state index < -0.39 is 15.8 Å². The Morgan fingerprint density at radius 3 is 2.69 bits per heavy atom. The van der Waals surface area contributed by atoms with Crippen LogP contribution in [0.2, 0.25) is 0 Å². The van der Waals surface area contributed by atoms with E-state index in [-0.39, 0.29) is 17.2 Å². The van der Waals surface area contributed by atoms with Gasteiger partial charge in [-0.2, -0.15) is 0 Å². The van der Waals surface area contributed by atoms with Gasteiger partial charge in [0.05, 0.1) is 7.11 Å². The number of rotatable bonds is 5. The molecule has 0 spiro atoms. The van der Waals surface area contributed by atoms with E-state index in [9.17, 15) is 12.8 Å². The summed E-state index contributed by atoms with van der Waals surface area (Å²) < 4.78 is 44.0. The molecule has 0 saturated heterocycles. The summed E-state index contributed by atoms with van der Waals surface area (Å²) in [6, 6.07) is 4.01. The molecule has 4 nitrogen and oxygen atoms in total. The van der Waals surface area contributed by atoms with Gasteiger partial charge >= 0.3 is 0 Å². The first-order valence-electron chi connectivity index (χ1n) is 4.85. The molecule has 0 atom stereocenters. The first-order valence-corrected chi connectivity index (χ1v) is 6.33. The largest absolute Gasteiger partial charge is 0.494 e. The lowest BCUT2D eigenvalue weighted by molar-refractivity contribution is 0.380. The van der Waals surface area contributed by atoms with Gasteiger partial charge in [0.2, 0.25) is 10.0 Å². The topological polar surface area (TPSA) is 55.4 Å². The molecule has 0 aliphatic heterocycles. The maximum absolute atomic E-state index is 13.7. The van der Waals surface area contributed by atoms with Gasteiger partial charge in [0.1, 0.15) is 4.90 Å². The predicted octanol–water partition coefficient (Wildman–Crippen LogP) is 1.52. The van der Waals surface area contributed by atoms with Gasteiger partial charge in [0.15, 0.2) is 11.6 Å². The Hall–Kier alpha value is -1.14. The number of benzene rings is 1. The van der Waals surface area contributed by atoms with Crippen LogP contribution in [0, 0.1) is 5.82 Å². The van der Waals surface area contributed by atoms with Gasteiger partial charge in [-0.15, -0.1) is 0 Å². The van der Waals surface area contributed by atoms with Gasteiger partial charge < -0.3 is 4.74 Å². The van der Waals surface area contributed by atoms with Crippen molar-refractivity contribution < 1.29 is 17.5 Å². The summed E-state index contributed by atoms with van der Waals surface area (Å²) in [5.41, 5.74) is 0. The maximum Gasteiger partial charge on any atom is 0.243 e. The van der Waals surface area contributed by atoms with Crippen molar-refractivity contribution in [2.75, 3.05) is 13.7 Å². The highest BCUT2D eigenvalue weighted by atomic mass is 32.2. The van der Waals surface area contributed by atoms with E-state index in [1.54, 1.807) is 0 Å². The van der Waals surface area contributed by atoms with Gasteiger partial charge in [0, 0.05) is 6.54 Å². The zero-order valence-corrected chi connectivity index (χ0v) is 9.97. The molecule has 0 aliphatic carbocycles. The number of halogens is 1. The molecular formula is C10H14FNO3S. The average molecular weight is 247 g/mol. The predicted molar refractivity (Wildman–Crippen MR) is 58.4 cm³/mol. The zero-order valence-electron chi connectivity index (χ0n) is 9.16. The molecule has 1 aromatic rings. The molecule has 0 amide bonds. The standard InChI is InChI=1S/C10H14FNO3S/c1-3-7-12-16(13,14)9-6-4-5-8(15-2)10(9)11/h4-6,12H,3,7H2,1-2H3. The third kappa shape index (κ3) is 2.70. The highest BCUT2D eigenvalue weighted by Crippen LogP contribution is 2.23. The third-order valence-electron chi connectivity index (χ3n) is 1.98. The van der Waals surface area contributed by atoms with Crippen molar-refractivity contribution in [2.24, 2.45) is 0 Å². The van der Waals surface area contributed by atoms with E-state index in [0.29, 0.717) is 6.42 Å². The van der Waals surface area contributed by atoms with Crippen molar-refractivity contribution in [3.8, 4) is 5.75 Å². The fourth-order valence-electron chi connectivity index (χ4n) is 1.17. The smallest absolute Gasteiger partial charge is 0.243 e. The van der Waals surface area contributed by atoms with Crippen LogP contribution < -0.4 is 9.46 Å². The minimum atomic E-state index is -3.79. The van der Waals surface area contributed by atoms with E-state index in [2.05, 4.69) is 4.72 Å². The Balaban J connectivity index is 3.13. The molecule has 0 fully saturated rings.